The number of aryl methyl sites for hydroxylation is 1. The molecule has 2 aromatic rings. The van der Waals surface area contributed by atoms with Gasteiger partial charge in [0.15, 0.2) is 0 Å². The molecule has 0 saturated heterocycles. The van der Waals surface area contributed by atoms with Crippen LogP contribution in [0.25, 0.3) is 0 Å². The first-order valence-electron chi connectivity index (χ1n) is 7.91. The highest BCUT2D eigenvalue weighted by Crippen LogP contribution is 2.18. The molecular formula is C18H22N2O2S. The lowest BCUT2D eigenvalue weighted by Crippen LogP contribution is -2.42. The molecule has 1 aliphatic rings. The topological polar surface area (TPSA) is 52.6 Å². The van der Waals surface area contributed by atoms with Crippen molar-refractivity contribution in [3.63, 3.8) is 0 Å². The molecule has 3 rings (SSSR count). The van der Waals surface area contributed by atoms with Crippen molar-refractivity contribution in [2.75, 3.05) is 19.6 Å². The molecule has 23 heavy (non-hydrogen) atoms. The number of thiophene rings is 1. The van der Waals surface area contributed by atoms with Crippen molar-refractivity contribution in [2.45, 2.75) is 26.0 Å². The molecule has 0 fully saturated rings. The normalized spacial score (nSPS) is 15.9. The van der Waals surface area contributed by atoms with Crippen LogP contribution in [0.1, 0.15) is 27.0 Å². The molecule has 5 heteroatoms. The van der Waals surface area contributed by atoms with E-state index in [-0.39, 0.29) is 12.5 Å². The molecule has 0 bridgehead atoms. The molecule has 1 aromatic carbocycles. The average molecular weight is 330 g/mol. The van der Waals surface area contributed by atoms with Gasteiger partial charge in [0.25, 0.3) is 5.91 Å². The van der Waals surface area contributed by atoms with Crippen LogP contribution >= 0.6 is 11.3 Å². The van der Waals surface area contributed by atoms with Crippen molar-refractivity contribution < 1.29 is 9.90 Å². The molecule has 1 amide bonds. The summed E-state index contributed by atoms with van der Waals surface area (Å²) in [7, 11) is 0. The van der Waals surface area contributed by atoms with Gasteiger partial charge in [0.05, 0.1) is 11.7 Å². The monoisotopic (exact) mass is 330 g/mol. The van der Waals surface area contributed by atoms with Crippen LogP contribution in [0.3, 0.4) is 0 Å². The number of nitrogens with zero attached hydrogens (tertiary/aromatic N) is 1. The molecule has 1 atom stereocenters. The largest absolute Gasteiger partial charge is 0.390 e. The maximum atomic E-state index is 12.1. The van der Waals surface area contributed by atoms with E-state index in [0.29, 0.717) is 12.1 Å². The zero-order valence-electron chi connectivity index (χ0n) is 13.3. The van der Waals surface area contributed by atoms with Crippen molar-refractivity contribution in [1.82, 2.24) is 10.2 Å². The zero-order valence-corrected chi connectivity index (χ0v) is 14.1. The van der Waals surface area contributed by atoms with E-state index in [1.807, 2.05) is 17.7 Å². The molecule has 2 heterocycles. The third-order valence-electron chi connectivity index (χ3n) is 4.28. The lowest BCUT2D eigenvalue weighted by Gasteiger charge is -2.30. The SMILES string of the molecule is Cc1cscc1C(=O)NC[C@@H](O)CN1CCc2ccccc2C1. The Morgan fingerprint density at radius 3 is 2.87 bits per heavy atom. The van der Waals surface area contributed by atoms with E-state index in [9.17, 15) is 9.90 Å². The summed E-state index contributed by atoms with van der Waals surface area (Å²) in [6.07, 6.45) is 0.465. The van der Waals surface area contributed by atoms with Crippen LogP contribution in [0, 0.1) is 6.92 Å². The lowest BCUT2D eigenvalue weighted by molar-refractivity contribution is 0.0841. The minimum absolute atomic E-state index is 0.105. The van der Waals surface area contributed by atoms with Crippen molar-refractivity contribution in [2.24, 2.45) is 0 Å². The number of aliphatic hydroxyl groups is 1. The summed E-state index contributed by atoms with van der Waals surface area (Å²) in [6, 6.07) is 8.45. The third-order valence-corrected chi connectivity index (χ3v) is 5.14. The van der Waals surface area contributed by atoms with Crippen LogP contribution in [0.4, 0.5) is 0 Å². The fraction of sp³-hybridized carbons (Fsp3) is 0.389. The summed E-state index contributed by atoms with van der Waals surface area (Å²) in [5, 5.41) is 16.8. The van der Waals surface area contributed by atoms with Crippen molar-refractivity contribution in [1.29, 1.82) is 0 Å². The summed E-state index contributed by atoms with van der Waals surface area (Å²) in [5.41, 5.74) is 4.42. The molecule has 1 aliphatic heterocycles. The van der Waals surface area contributed by atoms with Gasteiger partial charge in [-0.1, -0.05) is 24.3 Å². The number of fused-ring (bicyclic) bond motifs is 1. The van der Waals surface area contributed by atoms with Gasteiger partial charge in [0, 0.05) is 31.6 Å². The molecule has 1 aromatic heterocycles. The third kappa shape index (κ3) is 3.99. The average Bonchev–Trinajstić information content (AvgIpc) is 2.98. The zero-order chi connectivity index (χ0) is 16.2. The number of carbonyl (C=O) groups is 1. The summed E-state index contributed by atoms with van der Waals surface area (Å²) in [6.45, 7) is 4.60. The number of rotatable bonds is 5. The van der Waals surface area contributed by atoms with Gasteiger partial charge in [0.1, 0.15) is 0 Å². The van der Waals surface area contributed by atoms with Crippen molar-refractivity contribution in [3.05, 3.63) is 57.3 Å². The maximum absolute atomic E-state index is 12.1. The lowest BCUT2D eigenvalue weighted by atomic mass is 10.00. The molecule has 2 N–H and O–H groups in total. The minimum atomic E-state index is -0.553. The summed E-state index contributed by atoms with van der Waals surface area (Å²) >= 11 is 1.52. The van der Waals surface area contributed by atoms with Gasteiger partial charge in [0.2, 0.25) is 0 Å². The van der Waals surface area contributed by atoms with Gasteiger partial charge in [-0.2, -0.15) is 11.3 Å². The summed E-state index contributed by atoms with van der Waals surface area (Å²) in [4.78, 5) is 14.3. The first-order valence-corrected chi connectivity index (χ1v) is 8.86. The van der Waals surface area contributed by atoms with E-state index in [1.54, 1.807) is 0 Å². The molecule has 0 aliphatic carbocycles. The maximum Gasteiger partial charge on any atom is 0.252 e. The number of carbonyl (C=O) groups excluding carboxylic acids is 1. The number of nitrogens with one attached hydrogen (secondary N) is 1. The van der Waals surface area contributed by atoms with E-state index < -0.39 is 6.10 Å². The van der Waals surface area contributed by atoms with E-state index in [2.05, 4.69) is 34.5 Å². The van der Waals surface area contributed by atoms with Crippen molar-refractivity contribution in [3.8, 4) is 0 Å². The Labute approximate surface area is 140 Å². The summed E-state index contributed by atoms with van der Waals surface area (Å²) in [5.74, 6) is -0.105. The molecule has 4 nitrogen and oxygen atoms in total. The predicted octanol–water partition coefficient (Wildman–Crippen LogP) is 2.21. The van der Waals surface area contributed by atoms with E-state index in [1.165, 1.54) is 22.5 Å². The predicted molar refractivity (Wildman–Crippen MR) is 92.8 cm³/mol. The number of hydrogen-bond donors (Lipinski definition) is 2. The highest BCUT2D eigenvalue weighted by molar-refractivity contribution is 7.08. The van der Waals surface area contributed by atoms with Crippen LogP contribution in [-0.2, 0) is 13.0 Å². The highest BCUT2D eigenvalue weighted by atomic mass is 32.1. The first kappa shape index (κ1) is 16.2. The Morgan fingerprint density at radius 2 is 2.13 bits per heavy atom. The Balaban J connectivity index is 1.48. The first-order chi connectivity index (χ1) is 11.1. The quantitative estimate of drug-likeness (QED) is 0.884. The van der Waals surface area contributed by atoms with E-state index in [0.717, 1.165) is 25.1 Å². The molecule has 0 spiro atoms. The van der Waals surface area contributed by atoms with Gasteiger partial charge in [-0.05, 0) is 35.4 Å². The van der Waals surface area contributed by atoms with Crippen LogP contribution < -0.4 is 5.32 Å². The van der Waals surface area contributed by atoms with Crippen LogP contribution in [0.2, 0.25) is 0 Å². The molecular weight excluding hydrogens is 308 g/mol. The number of aliphatic hydroxyl groups excluding tert-OH is 1. The number of benzene rings is 1. The Kier molecular flexibility index (Phi) is 5.10. The second kappa shape index (κ2) is 7.25. The second-order valence-electron chi connectivity index (χ2n) is 6.09. The molecule has 0 unspecified atom stereocenters. The highest BCUT2D eigenvalue weighted by Gasteiger charge is 2.19. The smallest absolute Gasteiger partial charge is 0.252 e. The fourth-order valence-corrected chi connectivity index (χ4v) is 3.80. The number of amides is 1. The number of hydrogen-bond acceptors (Lipinski definition) is 4. The van der Waals surface area contributed by atoms with Gasteiger partial charge < -0.3 is 10.4 Å². The number of β-amino-alcohol motifs (C(OH)–C–C–N with tert-alkyl or cyclic N) is 1. The van der Waals surface area contributed by atoms with Gasteiger partial charge in [-0.3, -0.25) is 9.69 Å². The van der Waals surface area contributed by atoms with Crippen LogP contribution in [0.15, 0.2) is 35.0 Å². The van der Waals surface area contributed by atoms with Crippen LogP contribution in [-0.4, -0.2) is 41.7 Å². The molecule has 122 valence electrons. The van der Waals surface area contributed by atoms with E-state index in [4.69, 9.17) is 0 Å². The minimum Gasteiger partial charge on any atom is -0.390 e. The van der Waals surface area contributed by atoms with Gasteiger partial charge in [-0.15, -0.1) is 0 Å². The second-order valence-corrected chi connectivity index (χ2v) is 6.83. The van der Waals surface area contributed by atoms with E-state index >= 15 is 0 Å². The Morgan fingerprint density at radius 1 is 1.35 bits per heavy atom. The Hall–Kier alpha value is -1.69. The standard InChI is InChI=1S/C18H22N2O2S/c1-13-11-23-12-17(13)18(22)19-8-16(21)10-20-7-6-14-4-2-3-5-15(14)9-20/h2-5,11-12,16,21H,6-10H2,1H3,(H,19,22)/t16-/m1/s1. The fourth-order valence-electron chi connectivity index (χ4n) is 2.97. The van der Waals surface area contributed by atoms with Gasteiger partial charge >= 0.3 is 0 Å². The molecule has 0 saturated carbocycles. The van der Waals surface area contributed by atoms with Gasteiger partial charge in [-0.25, -0.2) is 0 Å². The summed E-state index contributed by atoms with van der Waals surface area (Å²) < 4.78 is 0. The van der Waals surface area contributed by atoms with Crippen LogP contribution in [0.5, 0.6) is 0 Å². The van der Waals surface area contributed by atoms with Crippen molar-refractivity contribution >= 4 is 17.2 Å². The molecule has 0 radical (unpaired) electrons. The Bertz CT molecular complexity index is 683.